The van der Waals surface area contributed by atoms with Crippen LogP contribution in [0.3, 0.4) is 0 Å². The number of amides is 2. The van der Waals surface area contributed by atoms with Crippen LogP contribution in [0.15, 0.2) is 24.3 Å². The maximum Gasteiger partial charge on any atom is 0.326 e. The van der Waals surface area contributed by atoms with Gasteiger partial charge in [0, 0.05) is 13.1 Å². The van der Waals surface area contributed by atoms with Crippen LogP contribution in [0.2, 0.25) is 0 Å². The van der Waals surface area contributed by atoms with Gasteiger partial charge in [0.05, 0.1) is 0 Å². The van der Waals surface area contributed by atoms with Gasteiger partial charge in [0.15, 0.2) is 0 Å². The van der Waals surface area contributed by atoms with Crippen LogP contribution >= 0.6 is 0 Å². The van der Waals surface area contributed by atoms with Crippen LogP contribution in [-0.4, -0.2) is 34.6 Å². The van der Waals surface area contributed by atoms with Crippen molar-refractivity contribution in [2.45, 2.75) is 32.4 Å². The van der Waals surface area contributed by atoms with Gasteiger partial charge >= 0.3 is 12.0 Å². The summed E-state index contributed by atoms with van der Waals surface area (Å²) < 4.78 is 0. The summed E-state index contributed by atoms with van der Waals surface area (Å²) in [6.45, 7) is 2.92. The van der Waals surface area contributed by atoms with Gasteiger partial charge in [-0.25, -0.2) is 9.59 Å². The Morgan fingerprint density at radius 2 is 2.26 bits per heavy atom. The first-order chi connectivity index (χ1) is 9.08. The minimum absolute atomic E-state index is 0.300. The van der Waals surface area contributed by atoms with Crippen molar-refractivity contribution in [3.63, 3.8) is 0 Å². The zero-order valence-corrected chi connectivity index (χ0v) is 10.9. The number of aliphatic carboxylic acids is 1. The Hall–Kier alpha value is -2.04. The van der Waals surface area contributed by atoms with Crippen molar-refractivity contribution in [1.29, 1.82) is 0 Å². The molecule has 1 unspecified atom stereocenters. The van der Waals surface area contributed by atoms with Gasteiger partial charge in [0.1, 0.15) is 6.04 Å². The van der Waals surface area contributed by atoms with Crippen molar-refractivity contribution in [2.75, 3.05) is 6.54 Å². The number of likely N-dealkylation sites (tertiary alicyclic amines) is 1. The Morgan fingerprint density at radius 1 is 1.47 bits per heavy atom. The highest BCUT2D eigenvalue weighted by Gasteiger charge is 2.33. The van der Waals surface area contributed by atoms with Gasteiger partial charge in [-0.2, -0.15) is 0 Å². The summed E-state index contributed by atoms with van der Waals surface area (Å²) >= 11 is 0. The smallest absolute Gasteiger partial charge is 0.326 e. The molecule has 1 atom stereocenters. The highest BCUT2D eigenvalue weighted by atomic mass is 16.4. The molecule has 1 saturated heterocycles. The maximum atomic E-state index is 12.0. The lowest BCUT2D eigenvalue weighted by Gasteiger charge is -2.21. The van der Waals surface area contributed by atoms with Gasteiger partial charge in [-0.3, -0.25) is 0 Å². The Labute approximate surface area is 112 Å². The van der Waals surface area contributed by atoms with Crippen LogP contribution in [-0.2, 0) is 11.3 Å². The molecule has 1 aromatic rings. The molecule has 0 aliphatic carbocycles. The quantitative estimate of drug-likeness (QED) is 0.872. The molecule has 0 bridgehead atoms. The Balaban J connectivity index is 1.92. The molecule has 1 fully saturated rings. The molecule has 5 heteroatoms. The molecule has 102 valence electrons. The van der Waals surface area contributed by atoms with Gasteiger partial charge in [-0.1, -0.05) is 29.8 Å². The molecule has 0 aromatic heterocycles. The van der Waals surface area contributed by atoms with Crippen molar-refractivity contribution < 1.29 is 14.7 Å². The molecule has 2 rings (SSSR count). The third kappa shape index (κ3) is 3.24. The molecule has 1 aliphatic rings. The van der Waals surface area contributed by atoms with Gasteiger partial charge in [0.25, 0.3) is 0 Å². The van der Waals surface area contributed by atoms with Crippen molar-refractivity contribution in [1.82, 2.24) is 10.2 Å². The molecule has 0 spiro atoms. The lowest BCUT2D eigenvalue weighted by molar-refractivity contribution is -0.141. The first-order valence-electron chi connectivity index (χ1n) is 6.41. The van der Waals surface area contributed by atoms with Gasteiger partial charge in [0.2, 0.25) is 0 Å². The molecule has 1 aliphatic heterocycles. The average molecular weight is 262 g/mol. The molecule has 2 N–H and O–H groups in total. The Kier molecular flexibility index (Phi) is 4.04. The summed E-state index contributed by atoms with van der Waals surface area (Å²) in [5.41, 5.74) is 2.15. The number of aryl methyl sites for hydroxylation is 1. The van der Waals surface area contributed by atoms with Gasteiger partial charge in [-0.15, -0.1) is 0 Å². The average Bonchev–Trinajstić information content (AvgIpc) is 2.85. The van der Waals surface area contributed by atoms with E-state index in [2.05, 4.69) is 5.32 Å². The maximum absolute atomic E-state index is 12.0. The summed E-state index contributed by atoms with van der Waals surface area (Å²) in [6, 6.07) is 6.88. The topological polar surface area (TPSA) is 69.6 Å². The van der Waals surface area contributed by atoms with E-state index in [1.54, 1.807) is 0 Å². The number of carbonyl (C=O) groups is 2. The number of carboxylic acid groups (broad SMARTS) is 1. The zero-order valence-electron chi connectivity index (χ0n) is 10.9. The SMILES string of the molecule is Cc1cccc(CNC(=O)N2CCCC2C(=O)O)c1. The van der Waals surface area contributed by atoms with Crippen LogP contribution in [0.25, 0.3) is 0 Å². The minimum atomic E-state index is -0.928. The van der Waals surface area contributed by atoms with Crippen LogP contribution in [0, 0.1) is 6.92 Å². The van der Waals surface area contributed by atoms with Crippen LogP contribution in [0.4, 0.5) is 4.79 Å². The van der Waals surface area contributed by atoms with Gasteiger partial charge in [-0.05, 0) is 25.3 Å². The van der Waals surface area contributed by atoms with E-state index in [9.17, 15) is 9.59 Å². The molecule has 19 heavy (non-hydrogen) atoms. The van der Waals surface area contributed by atoms with E-state index >= 15 is 0 Å². The third-order valence-corrected chi connectivity index (χ3v) is 3.32. The standard InChI is InChI=1S/C14H18N2O3/c1-10-4-2-5-11(8-10)9-15-14(19)16-7-3-6-12(16)13(17)18/h2,4-5,8,12H,3,6-7,9H2,1H3,(H,15,19)(H,17,18). The number of urea groups is 1. The molecule has 0 saturated carbocycles. The largest absolute Gasteiger partial charge is 0.480 e. The Bertz CT molecular complexity index is 487. The molecular weight excluding hydrogens is 244 g/mol. The summed E-state index contributed by atoms with van der Waals surface area (Å²) in [7, 11) is 0. The van der Waals surface area contributed by atoms with E-state index in [0.717, 1.165) is 17.5 Å². The number of carboxylic acids is 1. The number of benzene rings is 1. The summed E-state index contributed by atoms with van der Waals surface area (Å²) in [4.78, 5) is 24.4. The third-order valence-electron chi connectivity index (χ3n) is 3.32. The second-order valence-electron chi connectivity index (χ2n) is 4.84. The van der Waals surface area contributed by atoms with E-state index in [0.29, 0.717) is 19.5 Å². The molecule has 0 radical (unpaired) electrons. The predicted octanol–water partition coefficient (Wildman–Crippen LogP) is 1.75. The number of hydrogen-bond donors (Lipinski definition) is 2. The monoisotopic (exact) mass is 262 g/mol. The minimum Gasteiger partial charge on any atom is -0.480 e. The second kappa shape index (κ2) is 5.73. The lowest BCUT2D eigenvalue weighted by Crippen LogP contribution is -2.45. The summed E-state index contributed by atoms with van der Waals surface area (Å²) in [5.74, 6) is -0.928. The zero-order chi connectivity index (χ0) is 13.8. The summed E-state index contributed by atoms with van der Waals surface area (Å²) in [6.07, 6.45) is 1.28. The molecular formula is C14H18N2O3. The normalized spacial score (nSPS) is 18.4. The fourth-order valence-corrected chi connectivity index (χ4v) is 2.37. The van der Waals surface area contributed by atoms with E-state index in [4.69, 9.17) is 5.11 Å². The van der Waals surface area contributed by atoms with Crippen molar-refractivity contribution in [3.05, 3.63) is 35.4 Å². The highest BCUT2D eigenvalue weighted by Crippen LogP contribution is 2.17. The number of nitrogens with zero attached hydrogens (tertiary/aromatic N) is 1. The molecule has 5 nitrogen and oxygen atoms in total. The number of hydrogen-bond acceptors (Lipinski definition) is 2. The lowest BCUT2D eigenvalue weighted by atomic mass is 10.1. The number of nitrogens with one attached hydrogen (secondary N) is 1. The number of carbonyl (C=O) groups excluding carboxylic acids is 1. The first-order valence-corrected chi connectivity index (χ1v) is 6.41. The van der Waals surface area contributed by atoms with Crippen molar-refractivity contribution in [3.8, 4) is 0 Å². The Morgan fingerprint density at radius 3 is 2.95 bits per heavy atom. The van der Waals surface area contributed by atoms with E-state index in [1.807, 2.05) is 31.2 Å². The highest BCUT2D eigenvalue weighted by molar-refractivity contribution is 5.83. The van der Waals surface area contributed by atoms with E-state index < -0.39 is 12.0 Å². The van der Waals surface area contributed by atoms with Crippen molar-refractivity contribution >= 4 is 12.0 Å². The van der Waals surface area contributed by atoms with Crippen LogP contribution < -0.4 is 5.32 Å². The molecule has 2 amide bonds. The fraction of sp³-hybridized carbons (Fsp3) is 0.429. The molecule has 1 aromatic carbocycles. The van der Waals surface area contributed by atoms with Crippen LogP contribution in [0.5, 0.6) is 0 Å². The van der Waals surface area contributed by atoms with Gasteiger partial charge < -0.3 is 15.3 Å². The summed E-state index contributed by atoms with van der Waals surface area (Å²) in [5, 5.41) is 11.8. The van der Waals surface area contributed by atoms with Crippen molar-refractivity contribution in [2.24, 2.45) is 0 Å². The first kappa shape index (κ1) is 13.4. The fourth-order valence-electron chi connectivity index (χ4n) is 2.37. The van der Waals surface area contributed by atoms with E-state index in [1.165, 1.54) is 4.90 Å². The van der Waals surface area contributed by atoms with E-state index in [-0.39, 0.29) is 6.03 Å². The molecule has 1 heterocycles. The number of rotatable bonds is 3. The second-order valence-corrected chi connectivity index (χ2v) is 4.84. The predicted molar refractivity (Wildman–Crippen MR) is 70.8 cm³/mol. The van der Waals surface area contributed by atoms with Crippen LogP contribution in [0.1, 0.15) is 24.0 Å².